The molecule has 0 saturated carbocycles. The summed E-state index contributed by atoms with van der Waals surface area (Å²) in [5.41, 5.74) is 6.56. The Morgan fingerprint density at radius 1 is 1.54 bits per heavy atom. The summed E-state index contributed by atoms with van der Waals surface area (Å²) >= 11 is 5.81. The number of aromatic nitrogens is 1. The van der Waals surface area contributed by atoms with E-state index >= 15 is 0 Å². The fourth-order valence-electron chi connectivity index (χ4n) is 1.19. The second kappa shape index (κ2) is 4.68. The summed E-state index contributed by atoms with van der Waals surface area (Å²) in [6.07, 6.45) is 0. The van der Waals surface area contributed by atoms with Crippen LogP contribution in [0.15, 0.2) is 5.38 Å². The Labute approximate surface area is 90.7 Å². The van der Waals surface area contributed by atoms with Crippen molar-refractivity contribution >= 4 is 34.9 Å². The second-order valence-electron chi connectivity index (χ2n) is 2.82. The Kier molecular flexibility index (Phi) is 3.54. The molecule has 0 amide bonds. The molecule has 1 atom stereocenters. The molecule has 1 aliphatic rings. The molecule has 0 bridgehead atoms. The van der Waals surface area contributed by atoms with Crippen LogP contribution in [-0.2, 0) is 6.54 Å². The third-order valence-corrected chi connectivity index (χ3v) is 5.79. The molecular weight excluding hydrogens is 220 g/mol. The van der Waals surface area contributed by atoms with E-state index in [0.717, 1.165) is 5.69 Å². The lowest BCUT2D eigenvalue weighted by Gasteiger charge is -2.18. The van der Waals surface area contributed by atoms with Gasteiger partial charge in [0.2, 0.25) is 0 Å². The fraction of sp³-hybridized carbons (Fsp3) is 0.625. The third-order valence-electron chi connectivity index (χ3n) is 1.87. The number of nitrogens with two attached hydrogens (primary N) is 1. The SMILES string of the molecule is NCc1csc(C2CSCCS2)n1. The third kappa shape index (κ3) is 2.40. The molecule has 0 spiro atoms. The van der Waals surface area contributed by atoms with Crippen LogP contribution in [0.25, 0.3) is 0 Å². The van der Waals surface area contributed by atoms with Gasteiger partial charge in [-0.2, -0.15) is 11.8 Å². The van der Waals surface area contributed by atoms with Crippen molar-refractivity contribution in [3.05, 3.63) is 16.1 Å². The highest BCUT2D eigenvalue weighted by Crippen LogP contribution is 2.37. The van der Waals surface area contributed by atoms with Crippen molar-refractivity contribution in [3.8, 4) is 0 Å². The highest BCUT2D eigenvalue weighted by Gasteiger charge is 2.19. The lowest BCUT2D eigenvalue weighted by Crippen LogP contribution is -2.06. The largest absolute Gasteiger partial charge is 0.325 e. The van der Waals surface area contributed by atoms with E-state index in [4.69, 9.17) is 5.73 Å². The van der Waals surface area contributed by atoms with Crippen molar-refractivity contribution in [2.45, 2.75) is 11.8 Å². The van der Waals surface area contributed by atoms with Crippen molar-refractivity contribution in [2.75, 3.05) is 17.3 Å². The van der Waals surface area contributed by atoms with E-state index in [9.17, 15) is 0 Å². The molecule has 1 unspecified atom stereocenters. The minimum Gasteiger partial charge on any atom is -0.325 e. The molecule has 5 heteroatoms. The smallest absolute Gasteiger partial charge is 0.107 e. The number of thioether (sulfide) groups is 2. The van der Waals surface area contributed by atoms with Crippen LogP contribution in [0.5, 0.6) is 0 Å². The molecule has 1 aliphatic heterocycles. The molecule has 1 fully saturated rings. The molecule has 13 heavy (non-hydrogen) atoms. The van der Waals surface area contributed by atoms with Crippen LogP contribution in [0.4, 0.5) is 0 Å². The van der Waals surface area contributed by atoms with E-state index in [1.807, 2.05) is 23.5 Å². The highest BCUT2D eigenvalue weighted by molar-refractivity contribution is 8.06. The van der Waals surface area contributed by atoms with Gasteiger partial charge in [-0.3, -0.25) is 0 Å². The lowest BCUT2D eigenvalue weighted by molar-refractivity contribution is 0.966. The molecule has 0 aliphatic carbocycles. The molecule has 0 radical (unpaired) electrons. The molecule has 72 valence electrons. The molecule has 2 rings (SSSR count). The summed E-state index contributed by atoms with van der Waals surface area (Å²) in [7, 11) is 0. The zero-order valence-corrected chi connectivity index (χ0v) is 9.68. The molecule has 1 aromatic heterocycles. The summed E-state index contributed by atoms with van der Waals surface area (Å²) < 4.78 is 0. The Morgan fingerprint density at radius 3 is 3.08 bits per heavy atom. The first kappa shape index (κ1) is 9.83. The predicted molar refractivity (Wildman–Crippen MR) is 62.5 cm³/mol. The number of hydrogen-bond acceptors (Lipinski definition) is 5. The van der Waals surface area contributed by atoms with Gasteiger partial charge in [-0.15, -0.1) is 23.1 Å². The standard InChI is InChI=1S/C8H12N2S3/c9-3-6-4-13-8(10-6)7-5-11-1-2-12-7/h4,7H,1-3,5,9H2. The van der Waals surface area contributed by atoms with E-state index in [-0.39, 0.29) is 0 Å². The summed E-state index contributed by atoms with van der Waals surface area (Å²) in [4.78, 5) is 4.51. The predicted octanol–water partition coefficient (Wildman–Crippen LogP) is 2.12. The summed E-state index contributed by atoms with van der Waals surface area (Å²) in [6, 6.07) is 0. The molecule has 1 aromatic rings. The van der Waals surface area contributed by atoms with Crippen LogP contribution in [0.2, 0.25) is 0 Å². The van der Waals surface area contributed by atoms with Crippen molar-refractivity contribution < 1.29 is 0 Å². The van der Waals surface area contributed by atoms with E-state index in [1.54, 1.807) is 11.3 Å². The number of nitrogens with zero attached hydrogens (tertiary/aromatic N) is 1. The minimum atomic E-state index is 0.570. The molecule has 2 nitrogen and oxygen atoms in total. The van der Waals surface area contributed by atoms with Crippen molar-refractivity contribution in [1.82, 2.24) is 4.98 Å². The second-order valence-corrected chi connectivity index (χ2v) is 6.17. The summed E-state index contributed by atoms with van der Waals surface area (Å²) in [5, 5.41) is 3.96. The van der Waals surface area contributed by atoms with Gasteiger partial charge < -0.3 is 5.73 Å². The van der Waals surface area contributed by atoms with Gasteiger partial charge in [-0.05, 0) is 0 Å². The van der Waals surface area contributed by atoms with Crippen LogP contribution in [0.3, 0.4) is 0 Å². The normalized spacial score (nSPS) is 23.3. The number of hydrogen-bond donors (Lipinski definition) is 1. The van der Waals surface area contributed by atoms with Gasteiger partial charge in [0, 0.05) is 29.2 Å². The summed E-state index contributed by atoms with van der Waals surface area (Å²) in [6.45, 7) is 0.570. The van der Waals surface area contributed by atoms with Crippen molar-refractivity contribution in [2.24, 2.45) is 5.73 Å². The highest BCUT2D eigenvalue weighted by atomic mass is 32.2. The summed E-state index contributed by atoms with van der Waals surface area (Å²) in [5.74, 6) is 3.76. The topological polar surface area (TPSA) is 38.9 Å². The first-order valence-corrected chi connectivity index (χ1v) is 7.32. The first-order chi connectivity index (χ1) is 6.40. The van der Waals surface area contributed by atoms with Crippen LogP contribution < -0.4 is 5.73 Å². The van der Waals surface area contributed by atoms with Gasteiger partial charge in [0.15, 0.2) is 0 Å². The zero-order chi connectivity index (χ0) is 9.10. The fourth-order valence-corrected chi connectivity index (χ4v) is 5.03. The lowest BCUT2D eigenvalue weighted by atomic mass is 10.4. The zero-order valence-electron chi connectivity index (χ0n) is 7.23. The monoisotopic (exact) mass is 232 g/mol. The maximum Gasteiger partial charge on any atom is 0.107 e. The van der Waals surface area contributed by atoms with E-state index in [0.29, 0.717) is 11.8 Å². The van der Waals surface area contributed by atoms with Gasteiger partial charge >= 0.3 is 0 Å². The maximum atomic E-state index is 5.52. The molecule has 2 heterocycles. The number of thiazole rings is 1. The molecule has 0 aromatic carbocycles. The average molecular weight is 232 g/mol. The van der Waals surface area contributed by atoms with Gasteiger partial charge in [-0.1, -0.05) is 0 Å². The van der Waals surface area contributed by atoms with E-state index in [1.165, 1.54) is 22.3 Å². The molecule has 1 saturated heterocycles. The average Bonchev–Trinajstić information content (AvgIpc) is 2.67. The van der Waals surface area contributed by atoms with Crippen LogP contribution in [0, 0.1) is 0 Å². The van der Waals surface area contributed by atoms with Crippen molar-refractivity contribution in [1.29, 1.82) is 0 Å². The van der Waals surface area contributed by atoms with Gasteiger partial charge in [0.25, 0.3) is 0 Å². The Balaban J connectivity index is 2.05. The minimum absolute atomic E-state index is 0.570. The molecular formula is C8H12N2S3. The maximum absolute atomic E-state index is 5.52. The van der Waals surface area contributed by atoms with E-state index in [2.05, 4.69) is 10.4 Å². The van der Waals surface area contributed by atoms with Crippen LogP contribution in [0.1, 0.15) is 16.0 Å². The first-order valence-electron chi connectivity index (χ1n) is 4.24. The molecule has 2 N–H and O–H groups in total. The Morgan fingerprint density at radius 2 is 2.46 bits per heavy atom. The Bertz CT molecular complexity index is 268. The Hall–Kier alpha value is 0.290. The van der Waals surface area contributed by atoms with E-state index < -0.39 is 0 Å². The van der Waals surface area contributed by atoms with Crippen molar-refractivity contribution in [3.63, 3.8) is 0 Å². The number of rotatable bonds is 2. The quantitative estimate of drug-likeness (QED) is 0.848. The van der Waals surface area contributed by atoms with Crippen LogP contribution >= 0.6 is 34.9 Å². The van der Waals surface area contributed by atoms with Gasteiger partial charge in [0.05, 0.1) is 10.9 Å². The van der Waals surface area contributed by atoms with Crippen LogP contribution in [-0.4, -0.2) is 22.2 Å². The van der Waals surface area contributed by atoms with Gasteiger partial charge in [0.1, 0.15) is 5.01 Å². The van der Waals surface area contributed by atoms with Gasteiger partial charge in [-0.25, -0.2) is 4.98 Å².